The molecule has 1 aliphatic carbocycles. The maximum Gasteiger partial charge on any atom is 0.275 e. The number of methoxy groups -OCH3 is 1. The molecule has 3 aromatic rings. The van der Waals surface area contributed by atoms with Gasteiger partial charge in [-0.05, 0) is 36.6 Å². The van der Waals surface area contributed by atoms with Gasteiger partial charge in [-0.25, -0.2) is 13.1 Å². The second-order valence-corrected chi connectivity index (χ2v) is 12.7. The fourth-order valence-electron chi connectivity index (χ4n) is 6.29. The van der Waals surface area contributed by atoms with Crippen molar-refractivity contribution in [2.45, 2.75) is 42.2 Å². The van der Waals surface area contributed by atoms with Crippen LogP contribution in [0.15, 0.2) is 47.4 Å². The van der Waals surface area contributed by atoms with E-state index < -0.39 is 9.84 Å². The second-order valence-electron chi connectivity index (χ2n) is 10.8. The van der Waals surface area contributed by atoms with Crippen LogP contribution in [0.3, 0.4) is 0 Å². The van der Waals surface area contributed by atoms with Crippen molar-refractivity contribution in [2.24, 2.45) is 0 Å². The summed E-state index contributed by atoms with van der Waals surface area (Å²) >= 11 is 0. The highest BCUT2D eigenvalue weighted by molar-refractivity contribution is 7.91. The summed E-state index contributed by atoms with van der Waals surface area (Å²) in [5.41, 5.74) is 3.66. The molecule has 4 heterocycles. The lowest BCUT2D eigenvalue weighted by Crippen LogP contribution is -2.59. The van der Waals surface area contributed by atoms with Crippen molar-refractivity contribution in [3.63, 3.8) is 0 Å². The van der Waals surface area contributed by atoms with Gasteiger partial charge in [-0.3, -0.25) is 9.69 Å². The van der Waals surface area contributed by atoms with Crippen LogP contribution in [0.2, 0.25) is 0 Å². The minimum Gasteiger partial charge on any atom is -0.495 e. The zero-order valence-corrected chi connectivity index (χ0v) is 23.2. The fraction of sp³-hybridized carbons (Fsp3) is 0.448. The minimum atomic E-state index is -3.78. The molecule has 1 aromatic heterocycles. The Morgan fingerprint density at radius 1 is 1.05 bits per heavy atom. The van der Waals surface area contributed by atoms with Gasteiger partial charge in [-0.2, -0.15) is 5.10 Å². The molecule has 1 saturated carbocycles. The molecule has 0 bridgehead atoms. The largest absolute Gasteiger partial charge is 0.495 e. The van der Waals surface area contributed by atoms with Crippen molar-refractivity contribution in [1.29, 1.82) is 0 Å². The molecule has 0 N–H and O–H groups in total. The molecule has 210 valence electrons. The van der Waals surface area contributed by atoms with E-state index in [-0.39, 0.29) is 40.1 Å². The van der Waals surface area contributed by atoms with E-state index in [1.807, 2.05) is 17.0 Å². The first-order valence-electron chi connectivity index (χ1n) is 13.8. The van der Waals surface area contributed by atoms with Gasteiger partial charge in [0.1, 0.15) is 10.6 Å². The molecule has 3 aliphatic heterocycles. The van der Waals surface area contributed by atoms with Crippen LogP contribution in [0.25, 0.3) is 16.9 Å². The van der Waals surface area contributed by atoms with Crippen LogP contribution in [-0.2, 0) is 31.6 Å². The van der Waals surface area contributed by atoms with Gasteiger partial charge in [0, 0.05) is 37.3 Å². The standard InChI is InChI=1S/C29H32N4O6S/c1-37-25-4-2-3-21-27-22(18-40(35,36)28(21)25)26(29(34)32-13-16-39-24-10-9-23(24)32)30-33(27)20-7-5-19(6-8-20)17-31-11-14-38-15-12-31/h2-8,23-24H,9-18H2,1H3/t23-,24+/m0/s1. The first kappa shape index (κ1) is 25.7. The Morgan fingerprint density at radius 2 is 1.85 bits per heavy atom. The molecule has 11 heteroatoms. The number of hydrogen-bond acceptors (Lipinski definition) is 8. The van der Waals surface area contributed by atoms with Crippen LogP contribution in [0.1, 0.15) is 34.5 Å². The molecule has 0 unspecified atom stereocenters. The van der Waals surface area contributed by atoms with E-state index in [1.165, 1.54) is 7.11 Å². The van der Waals surface area contributed by atoms with Crippen molar-refractivity contribution in [3.8, 4) is 22.7 Å². The van der Waals surface area contributed by atoms with Crippen LogP contribution < -0.4 is 4.74 Å². The summed E-state index contributed by atoms with van der Waals surface area (Å²) in [7, 11) is -2.31. The zero-order chi connectivity index (χ0) is 27.4. The molecule has 2 aromatic carbocycles. The van der Waals surface area contributed by atoms with E-state index in [4.69, 9.17) is 19.3 Å². The predicted molar refractivity (Wildman–Crippen MR) is 146 cm³/mol. The van der Waals surface area contributed by atoms with Gasteiger partial charge in [-0.1, -0.05) is 24.3 Å². The predicted octanol–water partition coefficient (Wildman–Crippen LogP) is 2.67. The molecule has 4 aliphatic rings. The third kappa shape index (κ3) is 4.23. The lowest BCUT2D eigenvalue weighted by Gasteiger charge is -2.47. The molecule has 0 radical (unpaired) electrons. The third-order valence-corrected chi connectivity index (χ3v) is 10.2. The fourth-order valence-corrected chi connectivity index (χ4v) is 8.04. The summed E-state index contributed by atoms with van der Waals surface area (Å²) in [6, 6.07) is 13.3. The van der Waals surface area contributed by atoms with E-state index >= 15 is 0 Å². The number of aromatic nitrogens is 2. The number of amides is 1. The van der Waals surface area contributed by atoms with Crippen molar-refractivity contribution in [3.05, 3.63) is 59.3 Å². The average molecular weight is 565 g/mol. The number of carbonyl (C=O) groups is 1. The van der Waals surface area contributed by atoms with Gasteiger partial charge in [0.25, 0.3) is 5.91 Å². The Hall–Kier alpha value is -3.25. The number of sulfone groups is 1. The van der Waals surface area contributed by atoms with Gasteiger partial charge in [-0.15, -0.1) is 0 Å². The Morgan fingerprint density at radius 3 is 2.58 bits per heavy atom. The van der Waals surface area contributed by atoms with Crippen LogP contribution in [0.5, 0.6) is 5.75 Å². The zero-order valence-electron chi connectivity index (χ0n) is 22.4. The van der Waals surface area contributed by atoms with Crippen molar-refractivity contribution >= 4 is 15.7 Å². The maximum atomic E-state index is 14.0. The number of nitrogens with zero attached hydrogens (tertiary/aromatic N) is 4. The third-order valence-electron chi connectivity index (χ3n) is 8.48. The monoisotopic (exact) mass is 564 g/mol. The molecule has 2 saturated heterocycles. The molecule has 2 atom stereocenters. The van der Waals surface area contributed by atoms with E-state index in [1.54, 1.807) is 22.9 Å². The maximum absolute atomic E-state index is 14.0. The number of hydrogen-bond donors (Lipinski definition) is 0. The molecule has 1 amide bonds. The SMILES string of the molecule is COc1cccc2c1S(=O)(=O)Cc1c(C(=O)N3CCO[C@@H]4CC[C@@H]43)nn(-c3ccc(CN4CCOCC4)cc3)c1-2. The van der Waals surface area contributed by atoms with Crippen LogP contribution in [0, 0.1) is 0 Å². The molecular formula is C29H32N4O6S. The van der Waals surface area contributed by atoms with Crippen molar-refractivity contribution < 1.29 is 27.4 Å². The summed E-state index contributed by atoms with van der Waals surface area (Å²) in [6.45, 7) is 5.04. The number of rotatable bonds is 5. The van der Waals surface area contributed by atoms with Gasteiger partial charge in [0.05, 0.1) is 56.2 Å². The van der Waals surface area contributed by atoms with Crippen molar-refractivity contribution in [1.82, 2.24) is 19.6 Å². The second kappa shape index (κ2) is 9.99. The first-order chi connectivity index (χ1) is 19.4. The Labute approximate surface area is 233 Å². The Kier molecular flexibility index (Phi) is 6.42. The van der Waals surface area contributed by atoms with E-state index in [2.05, 4.69) is 17.0 Å². The van der Waals surface area contributed by atoms with Crippen molar-refractivity contribution in [2.75, 3.05) is 46.6 Å². The topological polar surface area (TPSA) is 103 Å². The Bertz CT molecular complexity index is 1560. The molecule has 40 heavy (non-hydrogen) atoms. The molecule has 0 spiro atoms. The van der Waals surface area contributed by atoms with E-state index in [0.29, 0.717) is 30.0 Å². The average Bonchev–Trinajstić information content (AvgIpc) is 3.32. The number of ether oxygens (including phenoxy) is 3. The van der Waals surface area contributed by atoms with Crippen LogP contribution >= 0.6 is 0 Å². The summed E-state index contributed by atoms with van der Waals surface area (Å²) in [5.74, 6) is -0.266. The highest BCUT2D eigenvalue weighted by Gasteiger charge is 2.45. The lowest BCUT2D eigenvalue weighted by molar-refractivity contribution is -0.106. The van der Waals surface area contributed by atoms with E-state index in [0.717, 1.165) is 56.9 Å². The summed E-state index contributed by atoms with van der Waals surface area (Å²) in [4.78, 5) is 18.3. The smallest absolute Gasteiger partial charge is 0.275 e. The molecular weight excluding hydrogens is 532 g/mol. The first-order valence-corrected chi connectivity index (χ1v) is 15.4. The van der Waals surface area contributed by atoms with Gasteiger partial charge in [0.2, 0.25) is 0 Å². The number of carbonyl (C=O) groups excluding carboxylic acids is 1. The molecule has 7 rings (SSSR count). The van der Waals surface area contributed by atoms with E-state index in [9.17, 15) is 13.2 Å². The number of morpholine rings is 2. The van der Waals surface area contributed by atoms with Crippen LogP contribution in [0.4, 0.5) is 0 Å². The minimum absolute atomic E-state index is 0.00842. The number of benzene rings is 2. The lowest BCUT2D eigenvalue weighted by atomic mass is 9.86. The highest BCUT2D eigenvalue weighted by atomic mass is 32.2. The Balaban J connectivity index is 1.33. The van der Waals surface area contributed by atoms with Gasteiger partial charge < -0.3 is 19.1 Å². The normalized spacial score (nSPS) is 23.5. The molecule has 10 nitrogen and oxygen atoms in total. The highest BCUT2D eigenvalue weighted by Crippen LogP contribution is 2.45. The quantitative estimate of drug-likeness (QED) is 0.466. The summed E-state index contributed by atoms with van der Waals surface area (Å²) in [6.07, 6.45) is 1.85. The molecule has 3 fully saturated rings. The number of fused-ring (bicyclic) bond motifs is 4. The summed E-state index contributed by atoms with van der Waals surface area (Å²) in [5, 5.41) is 4.84. The van der Waals surface area contributed by atoms with Gasteiger partial charge >= 0.3 is 0 Å². The summed E-state index contributed by atoms with van der Waals surface area (Å²) < 4.78 is 45.7. The van der Waals surface area contributed by atoms with Crippen LogP contribution in [-0.4, -0.2) is 92.6 Å². The van der Waals surface area contributed by atoms with Gasteiger partial charge in [0.15, 0.2) is 15.5 Å².